The van der Waals surface area contributed by atoms with E-state index in [1.807, 2.05) is 0 Å². The third-order valence-corrected chi connectivity index (χ3v) is 4.44. The highest BCUT2D eigenvalue weighted by Crippen LogP contribution is 2.35. The predicted molar refractivity (Wildman–Crippen MR) is 65.8 cm³/mol. The molecule has 3 rings (SSSR count). The summed E-state index contributed by atoms with van der Waals surface area (Å²) in [5.41, 5.74) is 7.56. The lowest BCUT2D eigenvalue weighted by molar-refractivity contribution is 0.508. The number of thiophene rings is 1. The molecule has 0 bridgehead atoms. The van der Waals surface area contributed by atoms with Gasteiger partial charge in [0.15, 0.2) is 0 Å². The van der Waals surface area contributed by atoms with Gasteiger partial charge in [0, 0.05) is 4.88 Å². The fraction of sp³-hybridized carbons (Fsp3) is 0.455. The molecule has 0 amide bonds. The molecule has 16 heavy (non-hydrogen) atoms. The number of anilines is 1. The van der Waals surface area contributed by atoms with Gasteiger partial charge in [-0.2, -0.15) is 0 Å². The van der Waals surface area contributed by atoms with E-state index in [4.69, 9.17) is 5.73 Å². The Morgan fingerprint density at radius 3 is 3.19 bits per heavy atom. The van der Waals surface area contributed by atoms with E-state index in [1.165, 1.54) is 16.9 Å². The molecule has 1 atom stereocenters. The quantitative estimate of drug-likeness (QED) is 0.730. The molecule has 0 spiro atoms. The van der Waals surface area contributed by atoms with E-state index in [9.17, 15) is 4.79 Å². The number of nitrogen functional groups attached to an aromatic ring is 1. The van der Waals surface area contributed by atoms with Crippen LogP contribution in [0.1, 0.15) is 23.8 Å². The third-order valence-electron chi connectivity index (χ3n) is 3.16. The van der Waals surface area contributed by atoms with Crippen molar-refractivity contribution in [1.82, 2.24) is 9.97 Å². The Labute approximate surface area is 96.5 Å². The minimum Gasteiger partial charge on any atom is -0.369 e. The second-order valence-corrected chi connectivity index (χ2v) is 5.59. The molecule has 1 aliphatic rings. The van der Waals surface area contributed by atoms with Crippen molar-refractivity contribution >= 4 is 27.5 Å². The van der Waals surface area contributed by atoms with Gasteiger partial charge in [0.05, 0.1) is 5.52 Å². The van der Waals surface area contributed by atoms with Gasteiger partial charge in [0.25, 0.3) is 5.56 Å². The molecule has 1 unspecified atom stereocenters. The minimum absolute atomic E-state index is 0.102. The van der Waals surface area contributed by atoms with Crippen molar-refractivity contribution in [3.8, 4) is 0 Å². The van der Waals surface area contributed by atoms with Crippen LogP contribution in [0.3, 0.4) is 0 Å². The maximum atomic E-state index is 11.7. The summed E-state index contributed by atoms with van der Waals surface area (Å²) in [5.74, 6) is 0.893. The third kappa shape index (κ3) is 1.35. The van der Waals surface area contributed by atoms with E-state index in [-0.39, 0.29) is 11.5 Å². The molecule has 2 heterocycles. The van der Waals surface area contributed by atoms with Gasteiger partial charge < -0.3 is 5.73 Å². The number of hydrogen-bond acceptors (Lipinski definition) is 4. The normalized spacial score (nSPS) is 19.9. The van der Waals surface area contributed by atoms with Gasteiger partial charge in [-0.05, 0) is 30.7 Å². The highest BCUT2D eigenvalue weighted by molar-refractivity contribution is 7.19. The first-order chi connectivity index (χ1) is 7.65. The predicted octanol–water partition coefficient (Wildman–Crippen LogP) is 1.69. The molecule has 0 aromatic carbocycles. The zero-order chi connectivity index (χ0) is 11.3. The summed E-state index contributed by atoms with van der Waals surface area (Å²) in [4.78, 5) is 19.9. The fourth-order valence-electron chi connectivity index (χ4n) is 2.34. The molecule has 0 saturated heterocycles. The lowest BCUT2D eigenvalue weighted by atomic mass is 9.89. The number of aromatic amines is 1. The van der Waals surface area contributed by atoms with Crippen molar-refractivity contribution in [2.45, 2.75) is 26.2 Å². The molecule has 2 aromatic rings. The summed E-state index contributed by atoms with van der Waals surface area (Å²) in [5, 5.41) is 0. The van der Waals surface area contributed by atoms with E-state index in [2.05, 4.69) is 16.9 Å². The average molecular weight is 235 g/mol. The Morgan fingerprint density at radius 1 is 1.56 bits per heavy atom. The Bertz CT molecular complexity index is 613. The van der Waals surface area contributed by atoms with Gasteiger partial charge in [-0.3, -0.25) is 9.78 Å². The van der Waals surface area contributed by atoms with Crippen LogP contribution in [0.5, 0.6) is 0 Å². The van der Waals surface area contributed by atoms with Crippen molar-refractivity contribution < 1.29 is 0 Å². The summed E-state index contributed by atoms with van der Waals surface area (Å²) in [6, 6.07) is 0. The zero-order valence-corrected chi connectivity index (χ0v) is 9.86. The van der Waals surface area contributed by atoms with Gasteiger partial charge >= 0.3 is 0 Å². The maximum Gasteiger partial charge on any atom is 0.270 e. The van der Waals surface area contributed by atoms with Gasteiger partial charge in [-0.15, -0.1) is 11.3 Å². The Hall–Kier alpha value is -1.36. The van der Waals surface area contributed by atoms with E-state index < -0.39 is 0 Å². The van der Waals surface area contributed by atoms with Crippen LogP contribution in [-0.2, 0) is 12.8 Å². The Morgan fingerprint density at radius 2 is 2.38 bits per heavy atom. The summed E-state index contributed by atoms with van der Waals surface area (Å²) < 4.78 is 0.730. The summed E-state index contributed by atoms with van der Waals surface area (Å²) >= 11 is 1.58. The van der Waals surface area contributed by atoms with Crippen LogP contribution in [0, 0.1) is 5.92 Å². The van der Waals surface area contributed by atoms with Crippen LogP contribution in [0.4, 0.5) is 5.95 Å². The summed E-state index contributed by atoms with van der Waals surface area (Å²) in [7, 11) is 0. The maximum absolute atomic E-state index is 11.7. The number of nitrogens with zero attached hydrogens (tertiary/aromatic N) is 1. The smallest absolute Gasteiger partial charge is 0.270 e. The van der Waals surface area contributed by atoms with Gasteiger partial charge in [-0.25, -0.2) is 4.98 Å². The SMILES string of the molecule is CC1CCc2sc3c(=O)[nH]c(N)nc3c2C1. The Kier molecular flexibility index (Phi) is 2.04. The van der Waals surface area contributed by atoms with E-state index in [0.717, 1.165) is 23.1 Å². The number of aromatic nitrogens is 2. The molecule has 0 radical (unpaired) electrons. The number of aryl methyl sites for hydroxylation is 1. The van der Waals surface area contributed by atoms with Gasteiger partial charge in [-0.1, -0.05) is 6.92 Å². The molecule has 0 aliphatic heterocycles. The summed E-state index contributed by atoms with van der Waals surface area (Å²) in [6.07, 6.45) is 3.29. The lowest BCUT2D eigenvalue weighted by Crippen LogP contribution is -2.11. The van der Waals surface area contributed by atoms with E-state index in [0.29, 0.717) is 5.92 Å². The first kappa shape index (κ1) is 9.84. The molecule has 0 saturated carbocycles. The second-order valence-electron chi connectivity index (χ2n) is 4.48. The first-order valence-electron chi connectivity index (χ1n) is 5.45. The molecule has 84 valence electrons. The number of nitrogens with one attached hydrogen (secondary N) is 1. The van der Waals surface area contributed by atoms with Crippen LogP contribution in [0.15, 0.2) is 4.79 Å². The fourth-order valence-corrected chi connectivity index (χ4v) is 3.52. The second kappa shape index (κ2) is 3.31. The number of hydrogen-bond donors (Lipinski definition) is 2. The highest BCUT2D eigenvalue weighted by Gasteiger charge is 2.22. The molecule has 4 nitrogen and oxygen atoms in total. The highest BCUT2D eigenvalue weighted by atomic mass is 32.1. The number of rotatable bonds is 0. The molecule has 5 heteroatoms. The monoisotopic (exact) mass is 235 g/mol. The standard InChI is InChI=1S/C11H13N3OS/c1-5-2-3-7-6(4-5)8-9(16-7)10(15)14-11(12)13-8/h5H,2-4H2,1H3,(H3,12,13,14,15). The minimum atomic E-state index is -0.102. The topological polar surface area (TPSA) is 71.8 Å². The molecule has 0 fully saturated rings. The number of nitrogens with two attached hydrogens (primary N) is 1. The molecule has 2 aromatic heterocycles. The average Bonchev–Trinajstić information content (AvgIpc) is 2.57. The van der Waals surface area contributed by atoms with Crippen LogP contribution in [0.25, 0.3) is 10.2 Å². The van der Waals surface area contributed by atoms with E-state index in [1.54, 1.807) is 11.3 Å². The zero-order valence-electron chi connectivity index (χ0n) is 9.04. The van der Waals surface area contributed by atoms with Crippen molar-refractivity contribution in [2.75, 3.05) is 5.73 Å². The van der Waals surface area contributed by atoms with Crippen molar-refractivity contribution in [3.63, 3.8) is 0 Å². The largest absolute Gasteiger partial charge is 0.369 e. The van der Waals surface area contributed by atoms with Crippen molar-refractivity contribution in [1.29, 1.82) is 0 Å². The summed E-state index contributed by atoms with van der Waals surface area (Å²) in [6.45, 7) is 2.24. The Balaban J connectivity index is 2.35. The number of fused-ring (bicyclic) bond motifs is 3. The lowest BCUT2D eigenvalue weighted by Gasteiger charge is -2.17. The number of H-pyrrole nitrogens is 1. The van der Waals surface area contributed by atoms with Crippen LogP contribution in [-0.4, -0.2) is 9.97 Å². The molecular weight excluding hydrogens is 222 g/mol. The van der Waals surface area contributed by atoms with Crippen molar-refractivity contribution in [2.24, 2.45) is 5.92 Å². The molecule has 3 N–H and O–H groups in total. The molecular formula is C11H13N3OS. The van der Waals surface area contributed by atoms with Gasteiger partial charge in [0.2, 0.25) is 5.95 Å². The van der Waals surface area contributed by atoms with Crippen LogP contribution >= 0.6 is 11.3 Å². The van der Waals surface area contributed by atoms with E-state index >= 15 is 0 Å². The first-order valence-corrected chi connectivity index (χ1v) is 6.27. The van der Waals surface area contributed by atoms with Crippen LogP contribution < -0.4 is 11.3 Å². The molecule has 1 aliphatic carbocycles. The van der Waals surface area contributed by atoms with Gasteiger partial charge in [0.1, 0.15) is 4.70 Å². The van der Waals surface area contributed by atoms with Crippen molar-refractivity contribution in [3.05, 3.63) is 20.8 Å². The van der Waals surface area contributed by atoms with Crippen LogP contribution in [0.2, 0.25) is 0 Å².